The van der Waals surface area contributed by atoms with Crippen LogP contribution in [0.2, 0.25) is 0 Å². The third-order valence-electron chi connectivity index (χ3n) is 6.86. The summed E-state index contributed by atoms with van der Waals surface area (Å²) in [5, 5.41) is 0. The van der Waals surface area contributed by atoms with E-state index in [-0.39, 0.29) is 5.60 Å². The molecule has 0 aromatic carbocycles. The second-order valence-electron chi connectivity index (χ2n) is 8.30. The molecular formula is C23H46O4. The fourth-order valence-corrected chi connectivity index (χ4v) is 5.16. The average molecular weight is 387 g/mol. The molecule has 0 spiro atoms. The summed E-state index contributed by atoms with van der Waals surface area (Å²) >= 11 is 0. The van der Waals surface area contributed by atoms with Gasteiger partial charge in [-0.1, -0.05) is 65.2 Å². The minimum atomic E-state index is -0.999. The molecule has 0 unspecified atom stereocenters. The molecule has 2 rings (SSSR count). The van der Waals surface area contributed by atoms with E-state index >= 15 is 0 Å². The van der Waals surface area contributed by atoms with E-state index in [1.807, 2.05) is 7.11 Å². The molecule has 0 aromatic heterocycles. The molecule has 0 N–H and O–H groups in total. The molecule has 0 heterocycles. The van der Waals surface area contributed by atoms with E-state index in [0.29, 0.717) is 18.3 Å². The lowest BCUT2D eigenvalue weighted by atomic mass is 9.72. The normalized spacial score (nSPS) is 19.3. The number of hydrogen-bond donors (Lipinski definition) is 0. The SMILES string of the molecule is CCCCCC.COC(CC(OC)(C1CCCC1)C1CCCC1)(OC)OC. The molecule has 0 aliphatic heterocycles. The Morgan fingerprint density at radius 1 is 0.630 bits per heavy atom. The van der Waals surface area contributed by atoms with Crippen LogP contribution in [0.1, 0.15) is 97.3 Å². The molecule has 27 heavy (non-hydrogen) atoms. The van der Waals surface area contributed by atoms with Crippen molar-refractivity contribution in [2.45, 2.75) is 109 Å². The molecule has 0 amide bonds. The van der Waals surface area contributed by atoms with E-state index in [1.54, 1.807) is 21.3 Å². The van der Waals surface area contributed by atoms with Crippen molar-refractivity contribution in [1.82, 2.24) is 0 Å². The van der Waals surface area contributed by atoms with Gasteiger partial charge in [-0.2, -0.15) is 0 Å². The van der Waals surface area contributed by atoms with Crippen molar-refractivity contribution in [2.75, 3.05) is 28.4 Å². The number of ether oxygens (including phenoxy) is 4. The Kier molecular flexibility index (Phi) is 12.1. The third kappa shape index (κ3) is 6.69. The smallest absolute Gasteiger partial charge is 0.284 e. The number of methoxy groups -OCH3 is 4. The molecule has 2 saturated carbocycles. The monoisotopic (exact) mass is 386 g/mol. The summed E-state index contributed by atoms with van der Waals surface area (Å²) in [7, 11) is 6.81. The van der Waals surface area contributed by atoms with Gasteiger partial charge < -0.3 is 18.9 Å². The fourth-order valence-electron chi connectivity index (χ4n) is 5.16. The van der Waals surface area contributed by atoms with Crippen molar-refractivity contribution in [3.8, 4) is 0 Å². The predicted molar refractivity (Wildman–Crippen MR) is 112 cm³/mol. The van der Waals surface area contributed by atoms with Gasteiger partial charge in [-0.05, 0) is 37.5 Å². The van der Waals surface area contributed by atoms with Crippen molar-refractivity contribution < 1.29 is 18.9 Å². The highest BCUT2D eigenvalue weighted by Crippen LogP contribution is 2.50. The van der Waals surface area contributed by atoms with Crippen molar-refractivity contribution in [2.24, 2.45) is 11.8 Å². The maximum Gasteiger partial charge on any atom is 0.284 e. The molecule has 0 atom stereocenters. The minimum absolute atomic E-state index is 0.185. The molecule has 162 valence electrons. The van der Waals surface area contributed by atoms with Crippen LogP contribution in [0.5, 0.6) is 0 Å². The first-order chi connectivity index (χ1) is 13.1. The Bertz CT molecular complexity index is 327. The highest BCUT2D eigenvalue weighted by Gasteiger charge is 2.53. The van der Waals surface area contributed by atoms with Gasteiger partial charge in [0.2, 0.25) is 0 Å². The van der Waals surface area contributed by atoms with E-state index < -0.39 is 5.97 Å². The van der Waals surface area contributed by atoms with E-state index in [0.717, 1.165) is 0 Å². The van der Waals surface area contributed by atoms with Gasteiger partial charge in [-0.3, -0.25) is 0 Å². The van der Waals surface area contributed by atoms with E-state index in [2.05, 4.69) is 13.8 Å². The van der Waals surface area contributed by atoms with Crippen molar-refractivity contribution in [3.63, 3.8) is 0 Å². The molecule has 0 saturated heterocycles. The molecule has 0 bridgehead atoms. The summed E-state index contributed by atoms with van der Waals surface area (Å²) in [6.45, 7) is 4.46. The Morgan fingerprint density at radius 2 is 1.00 bits per heavy atom. The number of unbranched alkanes of at least 4 members (excludes halogenated alkanes) is 3. The van der Waals surface area contributed by atoms with E-state index in [4.69, 9.17) is 18.9 Å². The van der Waals surface area contributed by atoms with Crippen LogP contribution in [0, 0.1) is 11.8 Å². The van der Waals surface area contributed by atoms with Crippen LogP contribution < -0.4 is 0 Å². The van der Waals surface area contributed by atoms with E-state index in [1.165, 1.54) is 77.0 Å². The van der Waals surface area contributed by atoms with Gasteiger partial charge in [0.1, 0.15) is 0 Å². The Balaban J connectivity index is 0.000000527. The van der Waals surface area contributed by atoms with Crippen LogP contribution in [0.4, 0.5) is 0 Å². The van der Waals surface area contributed by atoms with Crippen LogP contribution >= 0.6 is 0 Å². The number of hydrogen-bond acceptors (Lipinski definition) is 4. The topological polar surface area (TPSA) is 36.9 Å². The van der Waals surface area contributed by atoms with Gasteiger partial charge >= 0.3 is 0 Å². The van der Waals surface area contributed by atoms with Crippen LogP contribution in [0.15, 0.2) is 0 Å². The maximum atomic E-state index is 6.23. The van der Waals surface area contributed by atoms with Crippen molar-refractivity contribution in [3.05, 3.63) is 0 Å². The summed E-state index contributed by atoms with van der Waals surface area (Å²) in [4.78, 5) is 0. The largest absolute Gasteiger partial charge is 0.377 e. The standard InChI is InChI=1S/C17H32O4.C6H14/c1-18-16(14-9-5-6-10-14,15-11-7-8-12-15)13-17(19-2,20-3)21-4;1-3-5-6-4-2/h14-15H,5-13H2,1-4H3;3-6H2,1-2H3. The van der Waals surface area contributed by atoms with Crippen LogP contribution in [0.25, 0.3) is 0 Å². The molecule has 4 nitrogen and oxygen atoms in total. The molecular weight excluding hydrogens is 340 g/mol. The summed E-state index contributed by atoms with van der Waals surface area (Å²) in [6.07, 6.45) is 16.4. The summed E-state index contributed by atoms with van der Waals surface area (Å²) in [5.41, 5.74) is -0.185. The highest BCUT2D eigenvalue weighted by molar-refractivity contribution is 4.99. The quantitative estimate of drug-likeness (QED) is 0.307. The van der Waals surface area contributed by atoms with Crippen molar-refractivity contribution in [1.29, 1.82) is 0 Å². The maximum absolute atomic E-state index is 6.23. The van der Waals surface area contributed by atoms with Crippen LogP contribution in [0.3, 0.4) is 0 Å². The predicted octanol–water partition coefficient (Wildman–Crippen LogP) is 6.32. The van der Waals surface area contributed by atoms with Crippen LogP contribution in [-0.2, 0) is 18.9 Å². The minimum Gasteiger partial charge on any atom is -0.377 e. The summed E-state index contributed by atoms with van der Waals surface area (Å²) < 4.78 is 23.0. The van der Waals surface area contributed by atoms with Gasteiger partial charge in [0.25, 0.3) is 5.97 Å². The first-order valence-corrected chi connectivity index (χ1v) is 11.3. The highest BCUT2D eigenvalue weighted by atomic mass is 16.9. The Hall–Kier alpha value is -0.160. The third-order valence-corrected chi connectivity index (χ3v) is 6.86. The van der Waals surface area contributed by atoms with Crippen LogP contribution in [-0.4, -0.2) is 40.0 Å². The zero-order chi connectivity index (χ0) is 20.2. The molecule has 0 aromatic rings. The zero-order valence-corrected chi connectivity index (χ0v) is 19.0. The van der Waals surface area contributed by atoms with Gasteiger partial charge in [0.05, 0.1) is 12.0 Å². The average Bonchev–Trinajstić information content (AvgIpc) is 3.43. The van der Waals surface area contributed by atoms with Gasteiger partial charge in [0, 0.05) is 28.4 Å². The second-order valence-corrected chi connectivity index (χ2v) is 8.30. The fraction of sp³-hybridized carbons (Fsp3) is 1.00. The second kappa shape index (κ2) is 13.1. The number of rotatable bonds is 11. The van der Waals surface area contributed by atoms with Crippen molar-refractivity contribution >= 4 is 0 Å². The lowest BCUT2D eigenvalue weighted by molar-refractivity contribution is -0.375. The zero-order valence-electron chi connectivity index (χ0n) is 19.0. The molecule has 2 aliphatic carbocycles. The Morgan fingerprint density at radius 3 is 1.26 bits per heavy atom. The molecule has 2 fully saturated rings. The molecule has 0 radical (unpaired) electrons. The van der Waals surface area contributed by atoms with E-state index in [9.17, 15) is 0 Å². The van der Waals surface area contributed by atoms with Gasteiger partial charge in [-0.15, -0.1) is 0 Å². The first kappa shape index (κ1) is 24.9. The summed E-state index contributed by atoms with van der Waals surface area (Å²) in [6, 6.07) is 0. The van der Waals surface area contributed by atoms with Gasteiger partial charge in [-0.25, -0.2) is 0 Å². The molecule has 2 aliphatic rings. The summed E-state index contributed by atoms with van der Waals surface area (Å²) in [5.74, 6) is 0.178. The Labute approximate surface area is 168 Å². The lowest BCUT2D eigenvalue weighted by Crippen LogP contribution is -2.53. The lowest BCUT2D eigenvalue weighted by Gasteiger charge is -2.47. The molecule has 4 heteroatoms. The first-order valence-electron chi connectivity index (χ1n) is 11.3. The van der Waals surface area contributed by atoms with Gasteiger partial charge in [0.15, 0.2) is 0 Å².